The van der Waals surface area contributed by atoms with E-state index in [2.05, 4.69) is 20.9 Å². The van der Waals surface area contributed by atoms with E-state index in [1.807, 2.05) is 6.07 Å². The van der Waals surface area contributed by atoms with Crippen molar-refractivity contribution >= 4 is 21.7 Å². The molecule has 1 fully saturated rings. The predicted octanol–water partition coefficient (Wildman–Crippen LogP) is 3.26. The summed E-state index contributed by atoms with van der Waals surface area (Å²) >= 11 is 3.39. The topological polar surface area (TPSA) is 56.0 Å². The molecule has 0 aromatic carbocycles. The number of hydrogen-bond donors (Lipinski definition) is 1. The number of aromatic nitrogens is 1. The molecular formula is C15H21BrN2O. The Labute approximate surface area is 123 Å². The lowest BCUT2D eigenvalue weighted by Crippen LogP contribution is -2.39. The average molecular weight is 325 g/mol. The molecule has 1 heterocycles. The second-order valence-electron chi connectivity index (χ2n) is 5.51. The Balaban J connectivity index is 2.12. The molecule has 0 amide bonds. The van der Waals surface area contributed by atoms with Gasteiger partial charge in [0.05, 0.1) is 0 Å². The van der Waals surface area contributed by atoms with Gasteiger partial charge in [0.25, 0.3) is 0 Å². The van der Waals surface area contributed by atoms with Crippen LogP contribution >= 0.6 is 15.9 Å². The molecule has 1 aliphatic carbocycles. The molecule has 0 spiro atoms. The van der Waals surface area contributed by atoms with Gasteiger partial charge in [0.15, 0.2) is 0 Å². The van der Waals surface area contributed by atoms with E-state index in [0.29, 0.717) is 13.0 Å². The molecule has 104 valence electrons. The number of Topliss-reactive ketones (excluding diaryl/α,β-unsaturated/α-hetero) is 1. The molecule has 4 heteroatoms. The van der Waals surface area contributed by atoms with Crippen LogP contribution in [0, 0.1) is 5.41 Å². The van der Waals surface area contributed by atoms with Crippen LogP contribution in [0.2, 0.25) is 0 Å². The molecule has 0 radical (unpaired) electrons. The van der Waals surface area contributed by atoms with Crippen molar-refractivity contribution in [3.05, 3.63) is 28.5 Å². The third-order valence-corrected chi connectivity index (χ3v) is 4.60. The van der Waals surface area contributed by atoms with Crippen LogP contribution in [0.5, 0.6) is 0 Å². The van der Waals surface area contributed by atoms with E-state index in [1.54, 1.807) is 12.4 Å². The molecule has 19 heavy (non-hydrogen) atoms. The highest BCUT2D eigenvalue weighted by Gasteiger charge is 2.36. The SMILES string of the molecule is NCC1(C(=O)Cc2cncc(Br)c2)CCCCCC1. The highest BCUT2D eigenvalue weighted by Crippen LogP contribution is 2.36. The van der Waals surface area contributed by atoms with Gasteiger partial charge in [-0.05, 0) is 40.4 Å². The predicted molar refractivity (Wildman–Crippen MR) is 79.8 cm³/mol. The Morgan fingerprint density at radius 2 is 1.95 bits per heavy atom. The van der Waals surface area contributed by atoms with Crippen LogP contribution in [0.4, 0.5) is 0 Å². The summed E-state index contributed by atoms with van der Waals surface area (Å²) in [4.78, 5) is 16.8. The van der Waals surface area contributed by atoms with E-state index in [4.69, 9.17) is 5.73 Å². The first kappa shape index (κ1) is 14.7. The van der Waals surface area contributed by atoms with Gasteiger partial charge in [-0.2, -0.15) is 0 Å². The van der Waals surface area contributed by atoms with E-state index in [1.165, 1.54) is 12.8 Å². The van der Waals surface area contributed by atoms with E-state index in [9.17, 15) is 4.79 Å². The average Bonchev–Trinajstić information content (AvgIpc) is 2.65. The summed E-state index contributed by atoms with van der Waals surface area (Å²) in [5.74, 6) is 0.289. The summed E-state index contributed by atoms with van der Waals surface area (Å²) in [6.45, 7) is 0.479. The molecule has 2 N–H and O–H groups in total. The smallest absolute Gasteiger partial charge is 0.144 e. The van der Waals surface area contributed by atoms with Crippen molar-refractivity contribution in [2.24, 2.45) is 11.1 Å². The molecular weight excluding hydrogens is 304 g/mol. The normalized spacial score (nSPS) is 18.8. The monoisotopic (exact) mass is 324 g/mol. The zero-order valence-corrected chi connectivity index (χ0v) is 12.8. The highest BCUT2D eigenvalue weighted by atomic mass is 79.9. The van der Waals surface area contributed by atoms with Crippen molar-refractivity contribution in [1.82, 2.24) is 4.98 Å². The van der Waals surface area contributed by atoms with Crippen LogP contribution in [0.25, 0.3) is 0 Å². The van der Waals surface area contributed by atoms with Crippen LogP contribution in [0.3, 0.4) is 0 Å². The fraction of sp³-hybridized carbons (Fsp3) is 0.600. The van der Waals surface area contributed by atoms with E-state index >= 15 is 0 Å². The fourth-order valence-electron chi connectivity index (χ4n) is 2.93. The van der Waals surface area contributed by atoms with E-state index in [-0.39, 0.29) is 11.2 Å². The highest BCUT2D eigenvalue weighted by molar-refractivity contribution is 9.10. The first-order valence-electron chi connectivity index (χ1n) is 6.99. The van der Waals surface area contributed by atoms with Crippen molar-refractivity contribution in [2.45, 2.75) is 44.9 Å². The van der Waals surface area contributed by atoms with Gasteiger partial charge < -0.3 is 5.73 Å². The Morgan fingerprint density at radius 3 is 2.53 bits per heavy atom. The lowest BCUT2D eigenvalue weighted by Gasteiger charge is -2.29. The molecule has 1 saturated carbocycles. The summed E-state index contributed by atoms with van der Waals surface area (Å²) in [5, 5.41) is 0. The minimum atomic E-state index is -0.293. The first-order chi connectivity index (χ1) is 9.16. The number of carbonyl (C=O) groups is 1. The minimum absolute atomic E-state index is 0.289. The molecule has 0 aliphatic heterocycles. The lowest BCUT2D eigenvalue weighted by atomic mass is 9.75. The number of hydrogen-bond acceptors (Lipinski definition) is 3. The molecule has 1 aromatic heterocycles. The number of ketones is 1. The van der Waals surface area contributed by atoms with Gasteiger partial charge >= 0.3 is 0 Å². The number of pyridine rings is 1. The van der Waals surface area contributed by atoms with Crippen molar-refractivity contribution in [3.63, 3.8) is 0 Å². The maximum atomic E-state index is 12.7. The number of halogens is 1. The van der Waals surface area contributed by atoms with Crippen molar-refractivity contribution < 1.29 is 4.79 Å². The fourth-order valence-corrected chi connectivity index (χ4v) is 3.34. The van der Waals surface area contributed by atoms with Gasteiger partial charge in [0.1, 0.15) is 5.78 Å². The van der Waals surface area contributed by atoms with Gasteiger partial charge in [0.2, 0.25) is 0 Å². The number of nitrogens with two attached hydrogens (primary N) is 1. The summed E-state index contributed by atoms with van der Waals surface area (Å²) in [5.41, 5.74) is 6.62. The molecule has 1 aliphatic rings. The minimum Gasteiger partial charge on any atom is -0.329 e. The second-order valence-corrected chi connectivity index (χ2v) is 6.43. The van der Waals surface area contributed by atoms with Crippen LogP contribution < -0.4 is 5.73 Å². The molecule has 3 nitrogen and oxygen atoms in total. The molecule has 2 rings (SSSR count). The Morgan fingerprint density at radius 1 is 1.26 bits per heavy atom. The Bertz CT molecular complexity index is 440. The van der Waals surface area contributed by atoms with Gasteiger partial charge in [-0.1, -0.05) is 25.7 Å². The Hall–Kier alpha value is -0.740. The Kier molecular flexibility index (Phi) is 5.11. The zero-order chi connectivity index (χ0) is 13.7. The van der Waals surface area contributed by atoms with Crippen molar-refractivity contribution in [3.8, 4) is 0 Å². The van der Waals surface area contributed by atoms with Crippen LogP contribution in [0.1, 0.15) is 44.1 Å². The number of rotatable bonds is 4. The zero-order valence-electron chi connectivity index (χ0n) is 11.2. The molecule has 1 aromatic rings. The van der Waals surface area contributed by atoms with Gasteiger partial charge in [-0.25, -0.2) is 0 Å². The maximum Gasteiger partial charge on any atom is 0.144 e. The molecule has 0 saturated heterocycles. The summed E-state index contributed by atoms with van der Waals surface area (Å²) < 4.78 is 0.917. The van der Waals surface area contributed by atoms with Crippen molar-refractivity contribution in [1.29, 1.82) is 0 Å². The molecule has 0 bridgehead atoms. The second kappa shape index (κ2) is 6.62. The van der Waals surface area contributed by atoms with Gasteiger partial charge in [-0.3, -0.25) is 9.78 Å². The molecule has 0 atom stereocenters. The van der Waals surface area contributed by atoms with Crippen LogP contribution in [-0.2, 0) is 11.2 Å². The third-order valence-electron chi connectivity index (χ3n) is 4.17. The standard InChI is InChI=1S/C15H21BrN2O/c16-13-7-12(9-18-10-13)8-14(19)15(11-17)5-3-1-2-4-6-15/h7,9-10H,1-6,8,11,17H2. The van der Waals surface area contributed by atoms with E-state index < -0.39 is 0 Å². The van der Waals surface area contributed by atoms with Crippen LogP contribution in [0.15, 0.2) is 22.9 Å². The summed E-state index contributed by atoms with van der Waals surface area (Å²) in [6, 6.07) is 1.96. The number of carbonyl (C=O) groups excluding carboxylic acids is 1. The lowest BCUT2D eigenvalue weighted by molar-refractivity contribution is -0.128. The maximum absolute atomic E-state index is 12.7. The molecule has 0 unspecified atom stereocenters. The van der Waals surface area contributed by atoms with Gasteiger partial charge in [-0.15, -0.1) is 0 Å². The summed E-state index contributed by atoms with van der Waals surface area (Å²) in [6.07, 6.45) is 10.6. The number of nitrogens with zero attached hydrogens (tertiary/aromatic N) is 1. The van der Waals surface area contributed by atoms with Crippen LogP contribution in [-0.4, -0.2) is 17.3 Å². The third kappa shape index (κ3) is 3.63. The van der Waals surface area contributed by atoms with Gasteiger partial charge in [0, 0.05) is 35.2 Å². The summed E-state index contributed by atoms with van der Waals surface area (Å²) in [7, 11) is 0. The largest absolute Gasteiger partial charge is 0.329 e. The van der Waals surface area contributed by atoms with Crippen molar-refractivity contribution in [2.75, 3.05) is 6.54 Å². The quantitative estimate of drug-likeness (QED) is 0.865. The first-order valence-corrected chi connectivity index (χ1v) is 7.78. The van der Waals surface area contributed by atoms with E-state index in [0.717, 1.165) is 35.7 Å².